The number of rotatable bonds is 4. The SMILES string of the molecule is CCc1c(C)cc(C(=O)N2CCCN(Cc3cccc(F)c3)CC2)c(=O)n1C. The molecule has 1 aliphatic heterocycles. The van der Waals surface area contributed by atoms with Gasteiger partial charge in [0.15, 0.2) is 0 Å². The fraction of sp³-hybridized carbons (Fsp3) is 0.455. The van der Waals surface area contributed by atoms with Crippen molar-refractivity contribution in [3.8, 4) is 0 Å². The lowest BCUT2D eigenvalue weighted by atomic mass is 10.1. The number of hydrogen-bond acceptors (Lipinski definition) is 3. The van der Waals surface area contributed by atoms with Gasteiger partial charge in [-0.3, -0.25) is 14.5 Å². The quantitative estimate of drug-likeness (QED) is 0.813. The number of halogens is 1. The van der Waals surface area contributed by atoms with E-state index in [2.05, 4.69) is 4.90 Å². The molecule has 1 aliphatic rings. The van der Waals surface area contributed by atoms with Gasteiger partial charge in [-0.05, 0) is 49.1 Å². The van der Waals surface area contributed by atoms with E-state index >= 15 is 0 Å². The first-order chi connectivity index (χ1) is 13.4. The molecule has 2 heterocycles. The Morgan fingerprint density at radius 1 is 1.14 bits per heavy atom. The lowest BCUT2D eigenvalue weighted by Crippen LogP contribution is -2.39. The molecule has 5 nitrogen and oxygen atoms in total. The van der Waals surface area contributed by atoms with E-state index in [9.17, 15) is 14.0 Å². The van der Waals surface area contributed by atoms with Gasteiger partial charge in [-0.1, -0.05) is 19.1 Å². The van der Waals surface area contributed by atoms with E-state index in [1.807, 2.05) is 19.9 Å². The van der Waals surface area contributed by atoms with Gasteiger partial charge in [0.25, 0.3) is 11.5 Å². The number of aromatic nitrogens is 1. The molecular formula is C22H28FN3O2. The van der Waals surface area contributed by atoms with Crippen molar-refractivity contribution in [3.63, 3.8) is 0 Å². The van der Waals surface area contributed by atoms with Crippen LogP contribution in [0.15, 0.2) is 35.1 Å². The maximum Gasteiger partial charge on any atom is 0.263 e. The van der Waals surface area contributed by atoms with Gasteiger partial charge in [0.1, 0.15) is 11.4 Å². The topological polar surface area (TPSA) is 45.6 Å². The summed E-state index contributed by atoms with van der Waals surface area (Å²) in [6, 6.07) is 8.36. The number of hydrogen-bond donors (Lipinski definition) is 0. The minimum absolute atomic E-state index is 0.195. The molecule has 0 bridgehead atoms. The van der Waals surface area contributed by atoms with Gasteiger partial charge in [-0.15, -0.1) is 0 Å². The number of benzene rings is 1. The largest absolute Gasteiger partial charge is 0.337 e. The Labute approximate surface area is 165 Å². The van der Waals surface area contributed by atoms with Crippen LogP contribution in [0, 0.1) is 12.7 Å². The standard InChI is InChI=1S/C22H28FN3O2/c1-4-20-16(2)13-19(21(27)24(20)3)22(28)26-10-6-9-25(11-12-26)15-17-7-5-8-18(23)14-17/h5,7-8,13-14H,4,6,9-12,15H2,1-3H3. The Hall–Kier alpha value is -2.47. The average Bonchev–Trinajstić information content (AvgIpc) is 2.90. The van der Waals surface area contributed by atoms with Gasteiger partial charge in [0.2, 0.25) is 0 Å². The molecule has 1 aromatic carbocycles. The summed E-state index contributed by atoms with van der Waals surface area (Å²) in [4.78, 5) is 29.7. The number of aryl methyl sites for hydroxylation is 1. The van der Waals surface area contributed by atoms with Crippen molar-refractivity contribution in [2.24, 2.45) is 7.05 Å². The van der Waals surface area contributed by atoms with Crippen LogP contribution in [-0.2, 0) is 20.0 Å². The van der Waals surface area contributed by atoms with Crippen LogP contribution in [-0.4, -0.2) is 46.5 Å². The number of carbonyl (C=O) groups is 1. The molecule has 0 unspecified atom stereocenters. The Morgan fingerprint density at radius 2 is 1.93 bits per heavy atom. The number of amides is 1. The zero-order chi connectivity index (χ0) is 20.3. The molecule has 2 aromatic rings. The third kappa shape index (κ3) is 4.33. The fourth-order valence-electron chi connectivity index (χ4n) is 3.99. The molecule has 1 amide bonds. The van der Waals surface area contributed by atoms with Gasteiger partial charge in [0, 0.05) is 45.5 Å². The fourth-order valence-corrected chi connectivity index (χ4v) is 3.99. The number of pyridine rings is 1. The van der Waals surface area contributed by atoms with Gasteiger partial charge < -0.3 is 9.47 Å². The van der Waals surface area contributed by atoms with E-state index in [0.29, 0.717) is 26.2 Å². The van der Waals surface area contributed by atoms with Crippen molar-refractivity contribution in [3.05, 3.63) is 68.9 Å². The normalized spacial score (nSPS) is 15.5. The van der Waals surface area contributed by atoms with E-state index in [4.69, 9.17) is 0 Å². The average molecular weight is 385 g/mol. The lowest BCUT2D eigenvalue weighted by Gasteiger charge is -2.22. The van der Waals surface area contributed by atoms with Crippen LogP contribution in [0.5, 0.6) is 0 Å². The first-order valence-corrected chi connectivity index (χ1v) is 9.86. The Morgan fingerprint density at radius 3 is 2.64 bits per heavy atom. The molecule has 6 heteroatoms. The van der Waals surface area contributed by atoms with Crippen LogP contribution in [0.25, 0.3) is 0 Å². The molecule has 0 radical (unpaired) electrons. The Balaban J connectivity index is 1.72. The van der Waals surface area contributed by atoms with Crippen LogP contribution >= 0.6 is 0 Å². The van der Waals surface area contributed by atoms with Crippen molar-refractivity contribution in [2.75, 3.05) is 26.2 Å². The summed E-state index contributed by atoms with van der Waals surface area (Å²) in [5, 5.41) is 0. The van der Waals surface area contributed by atoms with Gasteiger partial charge in [-0.2, -0.15) is 0 Å². The highest BCUT2D eigenvalue weighted by Gasteiger charge is 2.24. The highest BCUT2D eigenvalue weighted by Crippen LogP contribution is 2.14. The highest BCUT2D eigenvalue weighted by atomic mass is 19.1. The zero-order valence-electron chi connectivity index (χ0n) is 16.9. The predicted molar refractivity (Wildman–Crippen MR) is 108 cm³/mol. The molecule has 28 heavy (non-hydrogen) atoms. The minimum Gasteiger partial charge on any atom is -0.337 e. The van der Waals surface area contributed by atoms with Crippen LogP contribution in [0.1, 0.15) is 40.5 Å². The van der Waals surface area contributed by atoms with Crippen LogP contribution < -0.4 is 5.56 Å². The molecule has 1 fully saturated rings. The minimum atomic E-state index is -0.231. The molecular weight excluding hydrogens is 357 g/mol. The summed E-state index contributed by atoms with van der Waals surface area (Å²) in [6.07, 6.45) is 1.58. The predicted octanol–water partition coefficient (Wildman–Crippen LogP) is 2.74. The van der Waals surface area contributed by atoms with Crippen LogP contribution in [0.4, 0.5) is 4.39 Å². The monoisotopic (exact) mass is 385 g/mol. The van der Waals surface area contributed by atoms with Gasteiger partial charge in [-0.25, -0.2) is 4.39 Å². The molecule has 1 saturated heterocycles. The zero-order valence-corrected chi connectivity index (χ0v) is 16.9. The van der Waals surface area contributed by atoms with Crippen molar-refractivity contribution < 1.29 is 9.18 Å². The Kier molecular flexibility index (Phi) is 6.29. The smallest absolute Gasteiger partial charge is 0.263 e. The van der Waals surface area contributed by atoms with Gasteiger partial charge >= 0.3 is 0 Å². The molecule has 3 rings (SSSR count). The van der Waals surface area contributed by atoms with Crippen molar-refractivity contribution >= 4 is 5.91 Å². The van der Waals surface area contributed by atoms with Gasteiger partial charge in [0.05, 0.1) is 0 Å². The Bertz CT molecular complexity index is 922. The second-order valence-corrected chi connectivity index (χ2v) is 7.46. The first-order valence-electron chi connectivity index (χ1n) is 9.86. The maximum atomic E-state index is 13.4. The van der Waals surface area contributed by atoms with Crippen molar-refractivity contribution in [2.45, 2.75) is 33.2 Å². The summed E-state index contributed by atoms with van der Waals surface area (Å²) in [7, 11) is 1.73. The summed E-state index contributed by atoms with van der Waals surface area (Å²) in [5.74, 6) is -0.426. The van der Waals surface area contributed by atoms with Crippen molar-refractivity contribution in [1.29, 1.82) is 0 Å². The summed E-state index contributed by atoms with van der Waals surface area (Å²) < 4.78 is 15.0. The summed E-state index contributed by atoms with van der Waals surface area (Å²) >= 11 is 0. The highest BCUT2D eigenvalue weighted by molar-refractivity contribution is 5.94. The van der Waals surface area contributed by atoms with E-state index in [1.165, 1.54) is 6.07 Å². The molecule has 0 saturated carbocycles. The molecule has 1 aromatic heterocycles. The van der Waals surface area contributed by atoms with Crippen molar-refractivity contribution in [1.82, 2.24) is 14.4 Å². The summed E-state index contributed by atoms with van der Waals surface area (Å²) in [5.41, 5.74) is 2.87. The summed E-state index contributed by atoms with van der Waals surface area (Å²) in [6.45, 7) is 7.33. The second-order valence-electron chi connectivity index (χ2n) is 7.46. The third-order valence-electron chi connectivity index (χ3n) is 5.49. The molecule has 150 valence electrons. The maximum absolute atomic E-state index is 13.4. The first kappa shape index (κ1) is 20.3. The molecule has 0 aliphatic carbocycles. The van der Waals surface area contributed by atoms with Crippen LogP contribution in [0.3, 0.4) is 0 Å². The second kappa shape index (κ2) is 8.69. The third-order valence-corrected chi connectivity index (χ3v) is 5.49. The van der Waals surface area contributed by atoms with E-state index in [0.717, 1.165) is 36.2 Å². The number of carbonyl (C=O) groups excluding carboxylic acids is 1. The van der Waals surface area contributed by atoms with E-state index in [-0.39, 0.29) is 22.8 Å². The van der Waals surface area contributed by atoms with E-state index < -0.39 is 0 Å². The van der Waals surface area contributed by atoms with Crippen LogP contribution in [0.2, 0.25) is 0 Å². The molecule has 0 N–H and O–H groups in total. The molecule has 0 spiro atoms. The van der Waals surface area contributed by atoms with E-state index in [1.54, 1.807) is 34.7 Å². The lowest BCUT2D eigenvalue weighted by molar-refractivity contribution is 0.0758. The molecule has 0 atom stereocenters. The number of nitrogens with zero attached hydrogens (tertiary/aromatic N) is 3.